The van der Waals surface area contributed by atoms with Crippen molar-refractivity contribution in [3.8, 4) is 5.95 Å². The van der Waals surface area contributed by atoms with E-state index in [-0.39, 0.29) is 29.7 Å². The van der Waals surface area contributed by atoms with E-state index in [2.05, 4.69) is 20.4 Å². The van der Waals surface area contributed by atoms with Crippen LogP contribution in [-0.4, -0.2) is 38.1 Å². The Balaban J connectivity index is 1.56. The molecule has 3 heterocycles. The molecule has 1 aliphatic rings. The van der Waals surface area contributed by atoms with Crippen molar-refractivity contribution in [3.63, 3.8) is 0 Å². The number of hydrogen-bond donors (Lipinski definition) is 2. The average molecular weight is 406 g/mol. The van der Waals surface area contributed by atoms with Gasteiger partial charge in [0.2, 0.25) is 17.8 Å². The van der Waals surface area contributed by atoms with Crippen LogP contribution in [0.1, 0.15) is 23.4 Å². The quantitative estimate of drug-likeness (QED) is 0.687. The van der Waals surface area contributed by atoms with Crippen LogP contribution in [0.4, 0.5) is 11.5 Å². The minimum atomic E-state index is -0.492. The van der Waals surface area contributed by atoms with E-state index in [9.17, 15) is 14.4 Å². The number of aromatic amines is 1. The second-order valence-electron chi connectivity index (χ2n) is 7.41. The van der Waals surface area contributed by atoms with Gasteiger partial charge >= 0.3 is 0 Å². The number of anilines is 2. The van der Waals surface area contributed by atoms with E-state index in [4.69, 9.17) is 0 Å². The molecule has 2 amide bonds. The zero-order valence-corrected chi connectivity index (χ0v) is 17.0. The number of carbonyl (C=O) groups excluding carboxylic acids is 2. The molecular formula is C21H22N6O3. The number of carbonyl (C=O) groups is 2. The summed E-state index contributed by atoms with van der Waals surface area (Å²) in [6.45, 7) is 5.52. The maximum absolute atomic E-state index is 12.9. The van der Waals surface area contributed by atoms with Gasteiger partial charge in [-0.05, 0) is 32.9 Å². The van der Waals surface area contributed by atoms with Crippen molar-refractivity contribution in [1.29, 1.82) is 0 Å². The lowest BCUT2D eigenvalue weighted by Gasteiger charge is -2.16. The summed E-state index contributed by atoms with van der Waals surface area (Å²) < 4.78 is 1.40. The van der Waals surface area contributed by atoms with Gasteiger partial charge in [-0.15, -0.1) is 0 Å². The molecule has 0 spiro atoms. The number of benzene rings is 1. The summed E-state index contributed by atoms with van der Waals surface area (Å²) in [4.78, 5) is 46.1. The zero-order chi connectivity index (χ0) is 21.4. The average Bonchev–Trinajstić information content (AvgIpc) is 3.29. The first kappa shape index (κ1) is 19.6. The highest BCUT2D eigenvalue weighted by Gasteiger charge is 2.35. The van der Waals surface area contributed by atoms with Gasteiger partial charge in [-0.25, -0.2) is 4.98 Å². The van der Waals surface area contributed by atoms with Gasteiger partial charge in [0.25, 0.3) is 5.56 Å². The van der Waals surface area contributed by atoms with E-state index in [1.54, 1.807) is 31.7 Å². The molecule has 4 rings (SSSR count). The Morgan fingerprint density at radius 2 is 1.90 bits per heavy atom. The van der Waals surface area contributed by atoms with Crippen molar-refractivity contribution in [3.05, 3.63) is 63.7 Å². The van der Waals surface area contributed by atoms with Gasteiger partial charge in [0, 0.05) is 36.0 Å². The van der Waals surface area contributed by atoms with Crippen LogP contribution in [-0.2, 0) is 9.59 Å². The molecule has 1 atom stereocenters. The highest BCUT2D eigenvalue weighted by Crippen LogP contribution is 2.26. The van der Waals surface area contributed by atoms with Crippen LogP contribution >= 0.6 is 0 Å². The van der Waals surface area contributed by atoms with Crippen LogP contribution in [0.3, 0.4) is 0 Å². The Labute approximate surface area is 172 Å². The van der Waals surface area contributed by atoms with E-state index in [1.807, 2.05) is 30.3 Å². The second kappa shape index (κ2) is 7.58. The normalized spacial score (nSPS) is 16.2. The Morgan fingerprint density at radius 3 is 2.60 bits per heavy atom. The Morgan fingerprint density at radius 1 is 1.17 bits per heavy atom. The van der Waals surface area contributed by atoms with Gasteiger partial charge in [-0.1, -0.05) is 18.2 Å². The molecule has 9 heteroatoms. The summed E-state index contributed by atoms with van der Waals surface area (Å²) in [7, 11) is 0. The molecule has 2 N–H and O–H groups in total. The van der Waals surface area contributed by atoms with Crippen LogP contribution in [0.5, 0.6) is 0 Å². The van der Waals surface area contributed by atoms with Crippen molar-refractivity contribution >= 4 is 23.3 Å². The third kappa shape index (κ3) is 3.61. The number of nitrogens with zero attached hydrogens (tertiary/aromatic N) is 4. The number of hydrogen-bond acceptors (Lipinski definition) is 5. The van der Waals surface area contributed by atoms with Crippen molar-refractivity contribution in [2.24, 2.45) is 5.92 Å². The zero-order valence-electron chi connectivity index (χ0n) is 17.0. The van der Waals surface area contributed by atoms with Gasteiger partial charge in [0.05, 0.1) is 11.6 Å². The summed E-state index contributed by atoms with van der Waals surface area (Å²) in [5.74, 6) is -0.261. The van der Waals surface area contributed by atoms with E-state index in [0.717, 1.165) is 5.69 Å². The molecule has 9 nitrogen and oxygen atoms in total. The summed E-state index contributed by atoms with van der Waals surface area (Å²) >= 11 is 0. The van der Waals surface area contributed by atoms with Gasteiger partial charge in [-0.3, -0.25) is 19.4 Å². The lowest BCUT2D eigenvalue weighted by atomic mass is 10.1. The molecule has 0 aliphatic carbocycles. The molecule has 0 unspecified atom stereocenters. The van der Waals surface area contributed by atoms with E-state index >= 15 is 0 Å². The maximum Gasteiger partial charge on any atom is 0.255 e. The molecule has 1 fully saturated rings. The molecule has 154 valence electrons. The highest BCUT2D eigenvalue weighted by molar-refractivity contribution is 6.03. The van der Waals surface area contributed by atoms with Gasteiger partial charge in [-0.2, -0.15) is 9.78 Å². The van der Waals surface area contributed by atoms with Crippen molar-refractivity contribution < 1.29 is 9.59 Å². The predicted octanol–water partition coefficient (Wildman–Crippen LogP) is 1.87. The molecule has 1 saturated heterocycles. The molecule has 2 aromatic heterocycles. The van der Waals surface area contributed by atoms with E-state index in [0.29, 0.717) is 29.3 Å². The molecule has 1 aromatic carbocycles. The number of aryl methyl sites for hydroxylation is 2. The number of para-hydroxylation sites is 1. The number of nitrogens with one attached hydrogen (secondary N) is 2. The fourth-order valence-corrected chi connectivity index (χ4v) is 3.45. The molecule has 3 aromatic rings. The van der Waals surface area contributed by atoms with Gasteiger partial charge < -0.3 is 10.2 Å². The Kier molecular flexibility index (Phi) is 4.94. The number of amides is 2. The van der Waals surface area contributed by atoms with Crippen LogP contribution in [0.2, 0.25) is 0 Å². The first-order valence-corrected chi connectivity index (χ1v) is 9.64. The second-order valence-corrected chi connectivity index (χ2v) is 7.41. The highest BCUT2D eigenvalue weighted by atomic mass is 16.2. The number of aromatic nitrogens is 4. The third-order valence-corrected chi connectivity index (χ3v) is 5.23. The largest absolute Gasteiger partial charge is 0.312 e. The first-order valence-electron chi connectivity index (χ1n) is 9.64. The fourth-order valence-electron chi connectivity index (χ4n) is 3.45. The number of rotatable bonds is 4. The van der Waals surface area contributed by atoms with Crippen LogP contribution in [0, 0.1) is 26.7 Å². The smallest absolute Gasteiger partial charge is 0.255 e. The molecule has 0 saturated carbocycles. The van der Waals surface area contributed by atoms with Crippen molar-refractivity contribution in [1.82, 2.24) is 19.7 Å². The summed E-state index contributed by atoms with van der Waals surface area (Å²) in [5.41, 5.74) is 2.27. The Bertz CT molecular complexity index is 1180. The first-order chi connectivity index (χ1) is 14.3. The lowest BCUT2D eigenvalue weighted by molar-refractivity contribution is -0.122. The fraction of sp³-hybridized carbons (Fsp3) is 0.286. The molecule has 1 aliphatic heterocycles. The summed E-state index contributed by atoms with van der Waals surface area (Å²) in [6.07, 6.45) is 0.132. The van der Waals surface area contributed by atoms with Crippen LogP contribution in [0.15, 0.2) is 41.2 Å². The SMILES string of the molecule is Cc1cc(NC(=O)[C@@H]2CC(=O)N(c3ccccc3)C2)n(-c2nc(C)c(C)c(=O)[nH]2)n1. The summed E-state index contributed by atoms with van der Waals surface area (Å²) in [5, 5.41) is 7.18. The number of H-pyrrole nitrogens is 1. The van der Waals surface area contributed by atoms with Crippen LogP contribution in [0.25, 0.3) is 5.95 Å². The van der Waals surface area contributed by atoms with Gasteiger partial charge in [0.15, 0.2) is 0 Å². The van der Waals surface area contributed by atoms with Crippen LogP contribution < -0.4 is 15.8 Å². The minimum absolute atomic E-state index is 0.0915. The standard InChI is InChI=1S/C21H22N6O3/c1-12-9-17(27(25-12)21-22-14(3)13(2)19(29)24-21)23-20(30)15-10-18(28)26(11-15)16-7-5-4-6-8-16/h4-9,15H,10-11H2,1-3H3,(H,23,30)(H,22,24,29)/t15-/m1/s1. The Hall–Kier alpha value is -3.75. The van der Waals surface area contributed by atoms with E-state index < -0.39 is 5.92 Å². The molecule has 0 bridgehead atoms. The topological polar surface area (TPSA) is 113 Å². The lowest BCUT2D eigenvalue weighted by Crippen LogP contribution is -2.29. The van der Waals surface area contributed by atoms with Gasteiger partial charge in [0.1, 0.15) is 5.82 Å². The minimum Gasteiger partial charge on any atom is -0.312 e. The maximum atomic E-state index is 12.9. The predicted molar refractivity (Wildman–Crippen MR) is 112 cm³/mol. The molecule has 30 heavy (non-hydrogen) atoms. The summed E-state index contributed by atoms with van der Waals surface area (Å²) in [6, 6.07) is 11.0. The van der Waals surface area contributed by atoms with Crippen molar-refractivity contribution in [2.75, 3.05) is 16.8 Å². The van der Waals surface area contributed by atoms with E-state index in [1.165, 1.54) is 4.68 Å². The third-order valence-electron chi connectivity index (χ3n) is 5.23. The monoisotopic (exact) mass is 406 g/mol. The molecule has 0 radical (unpaired) electrons. The molecular weight excluding hydrogens is 384 g/mol. The van der Waals surface area contributed by atoms with Crippen molar-refractivity contribution in [2.45, 2.75) is 27.2 Å².